The summed E-state index contributed by atoms with van der Waals surface area (Å²) >= 11 is 0. The highest BCUT2D eigenvalue weighted by molar-refractivity contribution is 5.82. The van der Waals surface area contributed by atoms with Gasteiger partial charge in [-0.15, -0.1) is 0 Å². The van der Waals surface area contributed by atoms with E-state index in [0.29, 0.717) is 51.4 Å². The van der Waals surface area contributed by atoms with Crippen molar-refractivity contribution in [2.24, 2.45) is 0 Å². The zero-order valence-electron chi connectivity index (χ0n) is 25.6. The van der Waals surface area contributed by atoms with Crippen LogP contribution >= 0.6 is 0 Å². The molecule has 12 nitrogen and oxygen atoms in total. The minimum atomic E-state index is -2.23. The Balaban J connectivity index is 6.55. The number of carbonyl (C=O) groups is 6. The van der Waals surface area contributed by atoms with Crippen LogP contribution in [0.3, 0.4) is 0 Å². The minimum Gasteiger partial charge on any atom is -0.478 e. The van der Waals surface area contributed by atoms with E-state index >= 15 is 0 Å². The molecule has 0 aromatic carbocycles. The zero-order chi connectivity index (χ0) is 31.9. The molecule has 0 unspecified atom stereocenters. The predicted molar refractivity (Wildman–Crippen MR) is 151 cm³/mol. The normalized spacial score (nSPS) is 13.7. The highest BCUT2D eigenvalue weighted by Gasteiger charge is 2.50. The van der Waals surface area contributed by atoms with Crippen molar-refractivity contribution in [2.45, 2.75) is 155 Å². The van der Waals surface area contributed by atoms with Gasteiger partial charge >= 0.3 is 35.8 Å². The van der Waals surface area contributed by atoms with Crippen LogP contribution in [-0.4, -0.2) is 70.4 Å². The SMILES string of the molecule is CCCCCC(=O)O[C@H]([C@H](OC(=O)CCCCC)[C@@H](OC(=O)CCCCC)C(=O)O)[C@H](OC(=O)CCCCC)C(=O)O. The number of ether oxygens (including phenoxy) is 4. The highest BCUT2D eigenvalue weighted by Crippen LogP contribution is 2.23. The molecule has 0 aliphatic carbocycles. The largest absolute Gasteiger partial charge is 0.478 e. The lowest BCUT2D eigenvalue weighted by Gasteiger charge is -2.33. The van der Waals surface area contributed by atoms with Gasteiger partial charge in [0.2, 0.25) is 12.2 Å². The lowest BCUT2D eigenvalue weighted by atomic mass is 10.0. The molecule has 0 heterocycles. The quantitative estimate of drug-likeness (QED) is 0.0800. The maximum atomic E-state index is 12.8. The molecule has 2 N–H and O–H groups in total. The number of hydrogen-bond donors (Lipinski definition) is 2. The van der Waals surface area contributed by atoms with E-state index in [9.17, 15) is 39.0 Å². The summed E-state index contributed by atoms with van der Waals surface area (Å²) in [4.78, 5) is 75.4. The first kappa shape index (κ1) is 38.8. The van der Waals surface area contributed by atoms with E-state index in [-0.39, 0.29) is 25.7 Å². The Labute approximate surface area is 248 Å². The summed E-state index contributed by atoms with van der Waals surface area (Å²) in [6.45, 7) is 7.64. The van der Waals surface area contributed by atoms with E-state index < -0.39 is 60.2 Å². The fourth-order valence-electron chi connectivity index (χ4n) is 4.02. The van der Waals surface area contributed by atoms with Gasteiger partial charge in [-0.1, -0.05) is 79.1 Å². The molecule has 0 aliphatic heterocycles. The van der Waals surface area contributed by atoms with Gasteiger partial charge in [-0.3, -0.25) is 19.2 Å². The number of aliphatic carboxylic acids is 2. The van der Waals surface area contributed by atoms with Crippen molar-refractivity contribution in [1.29, 1.82) is 0 Å². The van der Waals surface area contributed by atoms with Gasteiger partial charge in [0.25, 0.3) is 0 Å². The van der Waals surface area contributed by atoms with Gasteiger partial charge in [0.15, 0.2) is 12.2 Å². The van der Waals surface area contributed by atoms with Crippen LogP contribution < -0.4 is 0 Å². The molecule has 242 valence electrons. The summed E-state index contributed by atoms with van der Waals surface area (Å²) in [5.41, 5.74) is 0. The van der Waals surface area contributed by atoms with Gasteiger partial charge in [0.1, 0.15) is 0 Å². The van der Waals surface area contributed by atoms with Crippen molar-refractivity contribution < 1.29 is 57.9 Å². The number of carboxylic acids is 2. The Morgan fingerprint density at radius 2 is 0.667 bits per heavy atom. The standard InChI is InChI=1S/C30H50O12/c1-5-9-13-17-21(31)39-25(27(29(35)36)41-23(33)19-15-11-7-3)26(40-22(32)18-14-10-6-2)28(30(37)38)42-24(34)20-16-12-8-4/h25-28H,5-20H2,1-4H3,(H,35,36)(H,37,38)/t25-,26+,27+,28-. The molecule has 0 aromatic rings. The maximum absolute atomic E-state index is 12.8. The van der Waals surface area contributed by atoms with Crippen molar-refractivity contribution >= 4 is 35.8 Å². The Kier molecular flexibility index (Phi) is 21.6. The molecule has 12 heteroatoms. The lowest BCUT2D eigenvalue weighted by molar-refractivity contribution is -0.209. The lowest BCUT2D eigenvalue weighted by Crippen LogP contribution is -2.56. The molecule has 0 radical (unpaired) electrons. The highest BCUT2D eigenvalue weighted by atomic mass is 16.6. The molecular weight excluding hydrogens is 552 g/mol. The fourth-order valence-corrected chi connectivity index (χ4v) is 4.02. The van der Waals surface area contributed by atoms with E-state index in [2.05, 4.69) is 0 Å². The Morgan fingerprint density at radius 1 is 0.429 bits per heavy atom. The molecule has 0 amide bonds. The van der Waals surface area contributed by atoms with Crippen molar-refractivity contribution in [3.05, 3.63) is 0 Å². The van der Waals surface area contributed by atoms with Crippen LogP contribution in [0.25, 0.3) is 0 Å². The van der Waals surface area contributed by atoms with Crippen LogP contribution in [0.5, 0.6) is 0 Å². The average Bonchev–Trinajstić information content (AvgIpc) is 2.93. The molecule has 0 fully saturated rings. The second-order valence-electron chi connectivity index (χ2n) is 10.2. The molecule has 0 saturated heterocycles. The molecule has 0 spiro atoms. The summed E-state index contributed by atoms with van der Waals surface area (Å²) in [6.07, 6.45) is -1.83. The topological polar surface area (TPSA) is 180 Å². The van der Waals surface area contributed by atoms with Gasteiger partial charge in [-0.25, -0.2) is 9.59 Å². The van der Waals surface area contributed by atoms with Gasteiger partial charge in [0.05, 0.1) is 0 Å². The molecule has 0 bridgehead atoms. The molecule has 0 saturated carbocycles. The number of carboxylic acid groups (broad SMARTS) is 2. The Bertz CT molecular complexity index is 772. The van der Waals surface area contributed by atoms with E-state index in [1.807, 2.05) is 27.7 Å². The summed E-state index contributed by atoms with van der Waals surface area (Å²) in [5.74, 6) is -7.16. The zero-order valence-corrected chi connectivity index (χ0v) is 25.6. The van der Waals surface area contributed by atoms with Crippen LogP contribution in [-0.2, 0) is 47.7 Å². The Morgan fingerprint density at radius 3 is 0.881 bits per heavy atom. The average molecular weight is 603 g/mol. The second kappa shape index (κ2) is 23.4. The fraction of sp³-hybridized carbons (Fsp3) is 0.800. The number of unbranched alkanes of at least 4 members (excludes halogenated alkanes) is 8. The van der Waals surface area contributed by atoms with Crippen molar-refractivity contribution in [3.63, 3.8) is 0 Å². The van der Waals surface area contributed by atoms with Crippen molar-refractivity contribution in [3.8, 4) is 0 Å². The Hall–Kier alpha value is -3.18. The van der Waals surface area contributed by atoms with Gasteiger partial charge in [-0.2, -0.15) is 0 Å². The van der Waals surface area contributed by atoms with Crippen molar-refractivity contribution in [2.75, 3.05) is 0 Å². The molecular formula is C30H50O12. The number of esters is 4. The third-order valence-electron chi connectivity index (χ3n) is 6.40. The first-order valence-corrected chi connectivity index (χ1v) is 15.3. The van der Waals surface area contributed by atoms with Crippen LogP contribution in [0.2, 0.25) is 0 Å². The first-order valence-electron chi connectivity index (χ1n) is 15.3. The second-order valence-corrected chi connectivity index (χ2v) is 10.2. The van der Waals surface area contributed by atoms with Crippen molar-refractivity contribution in [1.82, 2.24) is 0 Å². The minimum absolute atomic E-state index is 0.134. The monoisotopic (exact) mass is 602 g/mol. The molecule has 0 rings (SSSR count). The smallest absolute Gasteiger partial charge is 0.349 e. The van der Waals surface area contributed by atoms with Crippen LogP contribution in [0, 0.1) is 0 Å². The first-order chi connectivity index (χ1) is 20.0. The number of hydrogen-bond acceptors (Lipinski definition) is 10. The molecule has 4 atom stereocenters. The van der Waals surface area contributed by atoms with E-state index in [4.69, 9.17) is 18.9 Å². The maximum Gasteiger partial charge on any atom is 0.349 e. The van der Waals surface area contributed by atoms with E-state index in [1.54, 1.807) is 0 Å². The summed E-state index contributed by atoms with van der Waals surface area (Å²) in [7, 11) is 0. The van der Waals surface area contributed by atoms with Crippen LogP contribution in [0.1, 0.15) is 130 Å². The van der Waals surface area contributed by atoms with Gasteiger partial charge < -0.3 is 29.2 Å². The summed E-state index contributed by atoms with van der Waals surface area (Å²) in [5, 5.41) is 20.1. The van der Waals surface area contributed by atoms with Crippen LogP contribution in [0.15, 0.2) is 0 Å². The van der Waals surface area contributed by atoms with E-state index in [0.717, 1.165) is 25.7 Å². The molecule has 42 heavy (non-hydrogen) atoms. The van der Waals surface area contributed by atoms with Gasteiger partial charge in [-0.05, 0) is 25.7 Å². The number of carbonyl (C=O) groups excluding carboxylic acids is 4. The molecule has 0 aromatic heterocycles. The van der Waals surface area contributed by atoms with Crippen LogP contribution in [0.4, 0.5) is 0 Å². The van der Waals surface area contributed by atoms with Gasteiger partial charge in [0, 0.05) is 25.7 Å². The van der Waals surface area contributed by atoms with E-state index in [1.165, 1.54) is 0 Å². The summed E-state index contributed by atoms with van der Waals surface area (Å²) in [6, 6.07) is 0. The third kappa shape index (κ3) is 16.9. The number of rotatable bonds is 25. The third-order valence-corrected chi connectivity index (χ3v) is 6.40. The molecule has 0 aliphatic rings. The predicted octanol–water partition coefficient (Wildman–Crippen LogP) is 5.12. The summed E-state index contributed by atoms with van der Waals surface area (Å²) < 4.78 is 21.2.